The van der Waals surface area contributed by atoms with Crippen LogP contribution >= 0.6 is 0 Å². The van der Waals surface area contributed by atoms with Crippen LogP contribution in [-0.4, -0.2) is 56.2 Å². The lowest BCUT2D eigenvalue weighted by atomic mass is 9.48. The number of anilines is 2. The fourth-order valence-electron chi connectivity index (χ4n) is 10.9. The normalized spacial score (nSPS) is 35.3. The summed E-state index contributed by atoms with van der Waals surface area (Å²) in [5, 5.41) is 3.06. The molecule has 4 bridgehead atoms. The fourth-order valence-corrected chi connectivity index (χ4v) is 10.9. The molecule has 1 heterocycles. The Hall–Kier alpha value is -4.87. The predicted octanol–water partition coefficient (Wildman–Crippen LogP) is 5.42. The summed E-state index contributed by atoms with van der Waals surface area (Å²) in [6.07, 6.45) is 1.41. The Labute approximate surface area is 309 Å². The third-order valence-corrected chi connectivity index (χ3v) is 13.3. The van der Waals surface area contributed by atoms with Crippen LogP contribution in [0.3, 0.4) is 0 Å². The molecule has 3 N–H and O–H groups in total. The molecule has 12 nitrogen and oxygen atoms in total. The van der Waals surface area contributed by atoms with Gasteiger partial charge in [0.05, 0.1) is 23.7 Å². The van der Waals surface area contributed by atoms with Crippen molar-refractivity contribution < 1.29 is 47.7 Å². The van der Waals surface area contributed by atoms with Gasteiger partial charge in [0.1, 0.15) is 37.9 Å². The highest BCUT2D eigenvalue weighted by atomic mass is 16.6. The van der Waals surface area contributed by atoms with E-state index in [-0.39, 0.29) is 91.3 Å². The minimum Gasteiger partial charge on any atom is -0.462 e. The van der Waals surface area contributed by atoms with E-state index in [1.807, 2.05) is 13.8 Å². The van der Waals surface area contributed by atoms with E-state index in [0.29, 0.717) is 29.3 Å². The number of cyclic esters (lactones) is 2. The lowest BCUT2D eigenvalue weighted by Crippen LogP contribution is -2.55. The van der Waals surface area contributed by atoms with Gasteiger partial charge in [-0.1, -0.05) is 27.4 Å². The topological polar surface area (TPSA) is 170 Å². The molecule has 4 saturated carbocycles. The van der Waals surface area contributed by atoms with Gasteiger partial charge in [0.25, 0.3) is 0 Å². The lowest BCUT2D eigenvalue weighted by Gasteiger charge is -2.55. The van der Waals surface area contributed by atoms with Gasteiger partial charge in [-0.25, -0.2) is 4.79 Å². The van der Waals surface area contributed by atoms with E-state index in [2.05, 4.69) is 18.8 Å². The highest BCUT2D eigenvalue weighted by Crippen LogP contribution is 2.82. The molecule has 5 fully saturated rings. The van der Waals surface area contributed by atoms with Crippen LogP contribution in [0.2, 0.25) is 0 Å². The number of esters is 4. The zero-order chi connectivity index (χ0) is 37.8. The van der Waals surface area contributed by atoms with Crippen molar-refractivity contribution >= 4 is 41.2 Å². The van der Waals surface area contributed by atoms with Gasteiger partial charge in [0.15, 0.2) is 0 Å². The van der Waals surface area contributed by atoms with Crippen LogP contribution in [0.4, 0.5) is 11.4 Å². The first-order valence-electron chi connectivity index (χ1n) is 18.6. The molecule has 12 atom stereocenters. The SMILES string of the molecule is C=C(C)C(=O)OCCOC(=O)C1C2CC(C1C(=O)Nc1ccc(Oc3ccc(N)cc3)cc1)C1C2C2CC13C(C)C(C)C(C)C(=O)OCCOC(=O)C23. The third kappa shape index (κ3) is 6.23. The summed E-state index contributed by atoms with van der Waals surface area (Å²) in [5.74, 6) is -3.64. The average Bonchev–Trinajstić information content (AvgIpc) is 3.87. The summed E-state index contributed by atoms with van der Waals surface area (Å²) in [6.45, 7) is 10.9. The first-order valence-corrected chi connectivity index (χ1v) is 18.6. The van der Waals surface area contributed by atoms with Crippen molar-refractivity contribution in [1.29, 1.82) is 0 Å². The minimum absolute atomic E-state index is 0.00479. The van der Waals surface area contributed by atoms with E-state index >= 15 is 0 Å². The molecule has 12 unspecified atom stereocenters. The van der Waals surface area contributed by atoms with E-state index < -0.39 is 41.0 Å². The monoisotopic (exact) mass is 728 g/mol. The van der Waals surface area contributed by atoms with Gasteiger partial charge in [-0.05, 0) is 115 Å². The Balaban J connectivity index is 1.16. The number of benzene rings is 2. The Morgan fingerprint density at radius 2 is 1.49 bits per heavy atom. The molecule has 7 rings (SSSR count). The van der Waals surface area contributed by atoms with E-state index in [9.17, 15) is 24.0 Å². The van der Waals surface area contributed by atoms with Gasteiger partial charge >= 0.3 is 23.9 Å². The largest absolute Gasteiger partial charge is 0.462 e. The number of rotatable bonds is 9. The zero-order valence-corrected chi connectivity index (χ0v) is 30.6. The summed E-state index contributed by atoms with van der Waals surface area (Å²) >= 11 is 0. The standard InChI is InChI=1S/C41H48N2O10/c1-20(2)37(45)49-14-16-51-39(47)33-28-18-29(32(33)36(44)43-25-8-12-27(13-9-25)53-26-10-6-24(42)7-11-26)34-31(28)30-19-41(34)23(5)21(3)22(4)38(46)50-15-17-52-40(48)35(30)41/h6-13,21-23,28-35H,1,14-19,42H2,2-5H3,(H,43,44). The van der Waals surface area contributed by atoms with Gasteiger partial charge in [-0.3, -0.25) is 19.2 Å². The van der Waals surface area contributed by atoms with E-state index in [0.717, 1.165) is 6.42 Å². The van der Waals surface area contributed by atoms with Crippen molar-refractivity contribution in [1.82, 2.24) is 0 Å². The number of carbonyl (C=O) groups is 5. The molecule has 12 heteroatoms. The molecule has 2 aromatic rings. The highest BCUT2D eigenvalue weighted by Gasteiger charge is 2.82. The van der Waals surface area contributed by atoms with Gasteiger partial charge in [-0.2, -0.15) is 0 Å². The van der Waals surface area contributed by atoms with Crippen LogP contribution in [0.5, 0.6) is 11.5 Å². The van der Waals surface area contributed by atoms with Crippen molar-refractivity contribution in [3.05, 3.63) is 60.7 Å². The second-order valence-corrected chi connectivity index (χ2v) is 15.7. The maximum Gasteiger partial charge on any atom is 0.333 e. The molecular formula is C41H48N2O10. The van der Waals surface area contributed by atoms with Crippen LogP contribution in [0, 0.1) is 70.5 Å². The van der Waals surface area contributed by atoms with Crippen LogP contribution in [0.25, 0.3) is 0 Å². The Morgan fingerprint density at radius 1 is 0.868 bits per heavy atom. The molecule has 1 aliphatic heterocycles. The summed E-state index contributed by atoms with van der Waals surface area (Å²) in [4.78, 5) is 67.2. The second-order valence-electron chi connectivity index (χ2n) is 15.7. The zero-order valence-electron chi connectivity index (χ0n) is 30.6. The number of hydrogen-bond donors (Lipinski definition) is 2. The quantitative estimate of drug-likeness (QED) is 0.111. The number of nitrogens with one attached hydrogen (secondary N) is 1. The maximum absolute atomic E-state index is 14.5. The fraction of sp³-hybridized carbons (Fsp3) is 0.537. The summed E-state index contributed by atoms with van der Waals surface area (Å²) < 4.78 is 28.0. The first-order chi connectivity index (χ1) is 25.3. The van der Waals surface area contributed by atoms with Crippen molar-refractivity contribution in [3.8, 4) is 11.5 Å². The van der Waals surface area contributed by atoms with Crippen LogP contribution in [-0.2, 0) is 42.9 Å². The molecule has 53 heavy (non-hydrogen) atoms. The number of fused-ring (bicyclic) bond motifs is 6. The molecule has 1 amide bonds. The maximum atomic E-state index is 14.5. The van der Waals surface area contributed by atoms with Gasteiger partial charge in [0.2, 0.25) is 5.91 Å². The van der Waals surface area contributed by atoms with Gasteiger partial charge in [0, 0.05) is 16.9 Å². The van der Waals surface area contributed by atoms with Gasteiger partial charge < -0.3 is 34.7 Å². The van der Waals surface area contributed by atoms with Crippen molar-refractivity contribution in [3.63, 3.8) is 0 Å². The Bertz CT molecular complexity index is 1790. The number of ether oxygens (including phenoxy) is 5. The second kappa shape index (κ2) is 14.2. The van der Waals surface area contributed by atoms with Crippen LogP contribution in [0.1, 0.15) is 40.5 Å². The Morgan fingerprint density at radius 3 is 2.15 bits per heavy atom. The van der Waals surface area contributed by atoms with E-state index in [1.54, 1.807) is 48.5 Å². The predicted molar refractivity (Wildman–Crippen MR) is 192 cm³/mol. The number of amides is 1. The molecule has 0 aromatic heterocycles. The molecule has 1 saturated heterocycles. The summed E-state index contributed by atoms with van der Waals surface area (Å²) in [5.41, 5.74) is 6.70. The van der Waals surface area contributed by atoms with Crippen molar-refractivity contribution in [2.24, 2.45) is 70.5 Å². The van der Waals surface area contributed by atoms with Crippen molar-refractivity contribution in [2.45, 2.75) is 40.5 Å². The third-order valence-electron chi connectivity index (χ3n) is 13.3. The molecule has 0 spiro atoms. The number of hydrogen-bond acceptors (Lipinski definition) is 11. The summed E-state index contributed by atoms with van der Waals surface area (Å²) in [6, 6.07) is 14.0. The molecule has 5 aliphatic rings. The molecule has 0 radical (unpaired) electrons. The highest BCUT2D eigenvalue weighted by molar-refractivity contribution is 5.96. The number of carbonyl (C=O) groups excluding carboxylic acids is 5. The smallest absolute Gasteiger partial charge is 0.333 e. The first kappa shape index (κ1) is 36.5. The van der Waals surface area contributed by atoms with E-state index in [4.69, 9.17) is 29.4 Å². The van der Waals surface area contributed by atoms with Crippen molar-refractivity contribution in [2.75, 3.05) is 37.5 Å². The van der Waals surface area contributed by atoms with Crippen LogP contribution < -0.4 is 15.8 Å². The summed E-state index contributed by atoms with van der Waals surface area (Å²) in [7, 11) is 0. The van der Waals surface area contributed by atoms with Crippen LogP contribution in [0.15, 0.2) is 60.7 Å². The van der Waals surface area contributed by atoms with Gasteiger partial charge in [-0.15, -0.1) is 0 Å². The average molecular weight is 729 g/mol. The molecular weight excluding hydrogens is 680 g/mol. The minimum atomic E-state index is -0.750. The number of nitrogens with two attached hydrogens (primary N) is 1. The molecule has 2 aromatic carbocycles. The molecule has 282 valence electrons. The van der Waals surface area contributed by atoms with E-state index in [1.165, 1.54) is 6.92 Å². The lowest BCUT2D eigenvalue weighted by molar-refractivity contribution is -0.173. The number of nitrogen functional groups attached to an aromatic ring is 1. The molecule has 4 aliphatic carbocycles. The Kier molecular flexibility index (Phi) is 9.75.